The van der Waals surface area contributed by atoms with E-state index in [0.29, 0.717) is 45.2 Å². The molecular formula is C14H34ClN9O7. The summed E-state index contributed by atoms with van der Waals surface area (Å²) in [5, 5.41) is 33.7. The second-order valence-corrected chi connectivity index (χ2v) is 4.92. The van der Waals surface area contributed by atoms with Gasteiger partial charge in [-0.2, -0.15) is 5.26 Å². The smallest absolute Gasteiger partial charge is 0.323 e. The molecule has 1 aliphatic heterocycles. The van der Waals surface area contributed by atoms with Gasteiger partial charge in [0.2, 0.25) is 0 Å². The van der Waals surface area contributed by atoms with E-state index >= 15 is 0 Å². The van der Waals surface area contributed by atoms with Crippen LogP contribution in [0.5, 0.6) is 0 Å². The van der Waals surface area contributed by atoms with E-state index in [1.165, 1.54) is 11.1 Å². The number of carboxylic acid groups (broad SMARTS) is 3. The fourth-order valence-electron chi connectivity index (χ4n) is 1.12. The molecule has 1 aliphatic rings. The minimum atomic E-state index is -0.980. The molecular weight excluding hydrogens is 442 g/mol. The summed E-state index contributed by atoms with van der Waals surface area (Å²) in [7, 11) is 0. The van der Waals surface area contributed by atoms with Crippen LogP contribution in [-0.4, -0.2) is 108 Å². The highest BCUT2D eigenvalue weighted by Gasteiger charge is 2.15. The van der Waals surface area contributed by atoms with Crippen LogP contribution in [0.3, 0.4) is 0 Å². The number of rotatable bonds is 8. The highest BCUT2D eigenvalue weighted by molar-refractivity contribution is 6.26. The molecule has 0 aromatic carbocycles. The number of carbonyl (C=O) groups is 3. The van der Waals surface area contributed by atoms with Crippen molar-refractivity contribution in [3.63, 3.8) is 0 Å². The summed E-state index contributed by atoms with van der Waals surface area (Å²) in [6.07, 6.45) is 1.25. The van der Waals surface area contributed by atoms with E-state index in [4.69, 9.17) is 55.1 Å². The van der Waals surface area contributed by atoms with Crippen molar-refractivity contribution in [2.24, 2.45) is 33.7 Å². The first-order chi connectivity index (χ1) is 14.1. The third kappa shape index (κ3) is 46.8. The van der Waals surface area contributed by atoms with Crippen LogP contribution in [0.25, 0.3) is 0 Å². The van der Waals surface area contributed by atoms with E-state index in [9.17, 15) is 14.4 Å². The van der Waals surface area contributed by atoms with Crippen molar-refractivity contribution in [3.8, 4) is 6.19 Å². The molecule has 0 spiro atoms. The lowest BCUT2D eigenvalue weighted by Gasteiger charge is -2.13. The van der Waals surface area contributed by atoms with E-state index in [1.54, 1.807) is 0 Å². The number of nitrogens with zero attached hydrogens (tertiary/aromatic N) is 3. The van der Waals surface area contributed by atoms with Crippen molar-refractivity contribution >= 4 is 35.5 Å². The lowest BCUT2D eigenvalue weighted by atomic mass is 10.5. The van der Waals surface area contributed by atoms with Gasteiger partial charge in [-0.25, -0.2) is 0 Å². The normalized spacial score (nSPS) is 10.3. The summed E-state index contributed by atoms with van der Waals surface area (Å²) in [5.74, 6) is -2.67. The topological polar surface area (TPSA) is 325 Å². The molecule has 1 heterocycles. The van der Waals surface area contributed by atoms with Gasteiger partial charge in [-0.3, -0.25) is 19.4 Å². The fourth-order valence-corrected chi connectivity index (χ4v) is 1.12. The molecule has 16 nitrogen and oxygen atoms in total. The average Bonchev–Trinajstić information content (AvgIpc) is 3.07. The first kappa shape index (κ1) is 38.6. The molecule has 1 rings (SSSR count). The second kappa shape index (κ2) is 31.7. The monoisotopic (exact) mass is 475 g/mol. The Labute approximate surface area is 184 Å². The van der Waals surface area contributed by atoms with E-state index < -0.39 is 17.9 Å². The standard InChI is InChI=1S/C5H9N3O2.C4H10N2O2.C2H3ClO2.C2H8N2.CH2N2.H2O/c6-5-7-1-2-8(5)3-4(9)10;5-1-2-6-3-4(7)8;3-1-2(4)5;3-1-2-4;2-1-3;/h1-3H2,(H2,6,7)(H,9,10);6H,1-3,5H2,(H,7,8);1H2,(H,4,5);1-4H2;2H2;1H2. The summed E-state index contributed by atoms with van der Waals surface area (Å²) >= 11 is 4.74. The fraction of sp³-hybridized carbons (Fsp3) is 0.643. The predicted molar refractivity (Wildman–Crippen MR) is 115 cm³/mol. The largest absolute Gasteiger partial charge is 0.480 e. The minimum absolute atomic E-state index is 0. The molecule has 184 valence electrons. The molecule has 0 aromatic heterocycles. The molecule has 0 amide bonds. The number of nitrogens with one attached hydrogen (secondary N) is 1. The Kier molecular flexibility index (Phi) is 39.6. The Balaban J connectivity index is -0.0000000968. The van der Waals surface area contributed by atoms with Crippen molar-refractivity contribution in [1.82, 2.24) is 10.2 Å². The van der Waals surface area contributed by atoms with Gasteiger partial charge in [-0.15, -0.1) is 11.6 Å². The van der Waals surface area contributed by atoms with Gasteiger partial charge in [0, 0.05) is 32.7 Å². The number of guanidine groups is 1. The summed E-state index contributed by atoms with van der Waals surface area (Å²) < 4.78 is 0. The van der Waals surface area contributed by atoms with E-state index in [2.05, 4.69) is 16.0 Å². The Morgan fingerprint density at radius 3 is 1.77 bits per heavy atom. The Hall–Kier alpha value is -2.94. The number of halogens is 1. The van der Waals surface area contributed by atoms with Crippen molar-refractivity contribution < 1.29 is 35.2 Å². The zero-order valence-corrected chi connectivity index (χ0v) is 17.8. The van der Waals surface area contributed by atoms with Crippen LogP contribution in [0.15, 0.2) is 4.99 Å². The first-order valence-electron chi connectivity index (χ1n) is 8.24. The van der Waals surface area contributed by atoms with Crippen molar-refractivity contribution in [3.05, 3.63) is 0 Å². The molecule has 0 bridgehead atoms. The van der Waals surface area contributed by atoms with E-state index in [0.717, 1.165) is 0 Å². The zero-order valence-electron chi connectivity index (χ0n) is 17.0. The molecule has 0 aromatic rings. The number of nitriles is 1. The van der Waals surface area contributed by atoms with Crippen LogP contribution in [0.2, 0.25) is 0 Å². The van der Waals surface area contributed by atoms with Gasteiger partial charge >= 0.3 is 17.9 Å². The number of aliphatic imine (C=N–C) groups is 1. The van der Waals surface area contributed by atoms with Crippen molar-refractivity contribution in [1.29, 1.82) is 5.26 Å². The van der Waals surface area contributed by atoms with Crippen LogP contribution >= 0.6 is 11.6 Å². The maximum atomic E-state index is 10.1. The van der Waals surface area contributed by atoms with Crippen LogP contribution in [0.4, 0.5) is 0 Å². The molecule has 0 saturated carbocycles. The Morgan fingerprint density at radius 2 is 1.55 bits per heavy atom. The van der Waals surface area contributed by atoms with Crippen LogP contribution < -0.4 is 34.0 Å². The highest BCUT2D eigenvalue weighted by Crippen LogP contribution is 1.95. The zero-order chi connectivity index (χ0) is 24.4. The number of hydrogen-bond acceptors (Lipinski definition) is 12. The lowest BCUT2D eigenvalue weighted by Crippen LogP contribution is -2.37. The molecule has 0 saturated heterocycles. The first-order valence-corrected chi connectivity index (χ1v) is 8.77. The maximum absolute atomic E-state index is 10.1. The van der Waals surface area contributed by atoms with Gasteiger partial charge in [-0.1, -0.05) is 0 Å². The molecule has 0 radical (unpaired) electrons. The SMILES string of the molecule is N#CN.NC1=NCCN1CC(=O)O.NCCN.NCCNCC(=O)O.O.O=C(O)CCl. The van der Waals surface area contributed by atoms with Crippen LogP contribution in [-0.2, 0) is 14.4 Å². The van der Waals surface area contributed by atoms with Gasteiger partial charge in [0.15, 0.2) is 12.2 Å². The number of alkyl halides is 1. The molecule has 31 heavy (non-hydrogen) atoms. The molecule has 16 N–H and O–H groups in total. The highest BCUT2D eigenvalue weighted by atomic mass is 35.5. The summed E-state index contributed by atoms with van der Waals surface area (Å²) in [6, 6.07) is 0. The predicted octanol–water partition coefficient (Wildman–Crippen LogP) is -4.86. The van der Waals surface area contributed by atoms with Gasteiger partial charge in [0.25, 0.3) is 0 Å². The van der Waals surface area contributed by atoms with Crippen LogP contribution in [0, 0.1) is 11.5 Å². The Bertz CT molecular complexity index is 517. The van der Waals surface area contributed by atoms with E-state index in [-0.39, 0.29) is 24.4 Å². The third-order valence-electron chi connectivity index (χ3n) is 2.17. The van der Waals surface area contributed by atoms with Crippen molar-refractivity contribution in [2.75, 3.05) is 58.2 Å². The number of carboxylic acids is 3. The molecule has 0 atom stereocenters. The van der Waals surface area contributed by atoms with Crippen LogP contribution in [0.1, 0.15) is 0 Å². The second-order valence-electron chi connectivity index (χ2n) is 4.65. The number of aliphatic carboxylic acids is 3. The van der Waals surface area contributed by atoms with E-state index in [1.807, 2.05) is 0 Å². The molecule has 0 unspecified atom stereocenters. The average molecular weight is 476 g/mol. The summed E-state index contributed by atoms with van der Waals surface area (Å²) in [4.78, 5) is 34.5. The number of nitrogens with two attached hydrogens (primary N) is 5. The molecule has 0 fully saturated rings. The minimum Gasteiger partial charge on any atom is -0.480 e. The number of hydrogen-bond donors (Lipinski definition) is 9. The molecule has 0 aliphatic carbocycles. The van der Waals surface area contributed by atoms with Gasteiger partial charge in [0.1, 0.15) is 12.4 Å². The Morgan fingerprint density at radius 1 is 1.10 bits per heavy atom. The van der Waals surface area contributed by atoms with Gasteiger partial charge in [-0.05, 0) is 0 Å². The third-order valence-corrected chi connectivity index (χ3v) is 2.40. The summed E-state index contributed by atoms with van der Waals surface area (Å²) in [5.41, 5.74) is 24.4. The van der Waals surface area contributed by atoms with Crippen molar-refractivity contribution in [2.45, 2.75) is 0 Å². The van der Waals surface area contributed by atoms with Gasteiger partial charge in [0.05, 0.1) is 13.1 Å². The quantitative estimate of drug-likeness (QED) is 0.0687. The van der Waals surface area contributed by atoms with Gasteiger partial charge < -0.3 is 59.7 Å². The maximum Gasteiger partial charge on any atom is 0.323 e. The lowest BCUT2D eigenvalue weighted by molar-refractivity contribution is -0.137. The summed E-state index contributed by atoms with van der Waals surface area (Å²) in [6.45, 7) is 3.42. The molecule has 17 heteroatoms.